The second-order valence-corrected chi connectivity index (χ2v) is 6.29. The van der Waals surface area contributed by atoms with Crippen molar-refractivity contribution in [1.29, 1.82) is 5.26 Å². The van der Waals surface area contributed by atoms with E-state index in [1.54, 1.807) is 23.5 Å². The molecule has 0 aliphatic heterocycles. The number of hydrogen-bond acceptors (Lipinski definition) is 4. The Morgan fingerprint density at radius 2 is 2.05 bits per heavy atom. The molecule has 0 spiro atoms. The fourth-order valence-corrected chi connectivity index (χ4v) is 2.96. The van der Waals surface area contributed by atoms with E-state index < -0.39 is 0 Å². The van der Waals surface area contributed by atoms with Gasteiger partial charge < -0.3 is 5.32 Å². The van der Waals surface area contributed by atoms with E-state index in [1.807, 2.05) is 29.5 Å². The minimum atomic E-state index is 0.0175. The minimum Gasteiger partial charge on any atom is -0.350 e. The van der Waals surface area contributed by atoms with Crippen LogP contribution in [0.1, 0.15) is 21.6 Å². The van der Waals surface area contributed by atoms with Crippen molar-refractivity contribution in [2.75, 3.05) is 13.6 Å². The highest BCUT2D eigenvalue weighted by atomic mass is 32.1. The van der Waals surface area contributed by atoms with Gasteiger partial charge >= 0.3 is 0 Å². The standard InChI is InChI=1S/C17H19N3OS/c1-13-7-8-22-16(13)10-19-17(21)12-20(2)11-15-5-3-14(9-18)4-6-15/h3-8H,10-12H2,1-2H3,(H,19,21). The number of carbonyl (C=O) groups is 1. The van der Waals surface area contributed by atoms with Crippen LogP contribution in [0.15, 0.2) is 35.7 Å². The molecule has 0 saturated heterocycles. The number of amides is 1. The molecule has 1 amide bonds. The second kappa shape index (κ2) is 7.74. The molecular formula is C17H19N3OS. The third-order valence-corrected chi connectivity index (χ3v) is 4.39. The molecule has 4 nitrogen and oxygen atoms in total. The van der Waals surface area contributed by atoms with Crippen molar-refractivity contribution < 1.29 is 4.79 Å². The summed E-state index contributed by atoms with van der Waals surface area (Å²) in [6.45, 7) is 3.67. The summed E-state index contributed by atoms with van der Waals surface area (Å²) in [4.78, 5) is 15.1. The molecule has 0 saturated carbocycles. The number of hydrogen-bond donors (Lipinski definition) is 1. The summed E-state index contributed by atoms with van der Waals surface area (Å²) in [6.07, 6.45) is 0. The maximum atomic E-state index is 12.0. The number of nitrogens with one attached hydrogen (secondary N) is 1. The predicted octanol–water partition coefficient (Wildman–Crippen LogP) is 2.68. The van der Waals surface area contributed by atoms with E-state index in [4.69, 9.17) is 5.26 Å². The molecular weight excluding hydrogens is 294 g/mol. The summed E-state index contributed by atoms with van der Waals surface area (Å²) in [5.74, 6) is 0.0175. The fraction of sp³-hybridized carbons (Fsp3) is 0.294. The van der Waals surface area contributed by atoms with Gasteiger partial charge in [-0.3, -0.25) is 9.69 Å². The van der Waals surface area contributed by atoms with Gasteiger partial charge in [-0.2, -0.15) is 5.26 Å². The van der Waals surface area contributed by atoms with Crippen LogP contribution in [0.3, 0.4) is 0 Å². The highest BCUT2D eigenvalue weighted by Gasteiger charge is 2.08. The molecule has 0 unspecified atom stereocenters. The lowest BCUT2D eigenvalue weighted by Gasteiger charge is -2.16. The van der Waals surface area contributed by atoms with Gasteiger partial charge in [-0.1, -0.05) is 12.1 Å². The zero-order valence-electron chi connectivity index (χ0n) is 12.8. The lowest BCUT2D eigenvalue weighted by Crippen LogP contribution is -2.34. The number of likely N-dealkylation sites (N-methyl/N-ethyl adjacent to an activating group) is 1. The first kappa shape index (κ1) is 16.2. The Labute approximate surface area is 135 Å². The molecule has 1 aromatic carbocycles. The third kappa shape index (κ3) is 4.69. The maximum absolute atomic E-state index is 12.0. The lowest BCUT2D eigenvalue weighted by molar-refractivity contribution is -0.122. The summed E-state index contributed by atoms with van der Waals surface area (Å²) in [7, 11) is 1.91. The molecule has 0 atom stereocenters. The minimum absolute atomic E-state index is 0.0175. The molecule has 2 rings (SSSR count). The van der Waals surface area contributed by atoms with Crippen LogP contribution >= 0.6 is 11.3 Å². The van der Waals surface area contributed by atoms with Crippen LogP contribution in [0.4, 0.5) is 0 Å². The number of aryl methyl sites for hydroxylation is 1. The number of carbonyl (C=O) groups excluding carboxylic acids is 1. The van der Waals surface area contributed by atoms with Crippen molar-refractivity contribution in [3.63, 3.8) is 0 Å². The Kier molecular flexibility index (Phi) is 5.70. The van der Waals surface area contributed by atoms with E-state index in [-0.39, 0.29) is 5.91 Å². The molecule has 0 fully saturated rings. The van der Waals surface area contributed by atoms with Crippen LogP contribution in [0.2, 0.25) is 0 Å². The van der Waals surface area contributed by atoms with Gasteiger partial charge in [-0.25, -0.2) is 0 Å². The number of nitrogens with zero attached hydrogens (tertiary/aromatic N) is 2. The van der Waals surface area contributed by atoms with Crippen LogP contribution in [0.25, 0.3) is 0 Å². The zero-order chi connectivity index (χ0) is 15.9. The van der Waals surface area contributed by atoms with Gasteiger partial charge in [-0.15, -0.1) is 11.3 Å². The summed E-state index contributed by atoms with van der Waals surface area (Å²) >= 11 is 1.66. The molecule has 0 radical (unpaired) electrons. The first-order chi connectivity index (χ1) is 10.6. The van der Waals surface area contributed by atoms with Gasteiger partial charge in [0.25, 0.3) is 0 Å². The van der Waals surface area contributed by atoms with Crippen molar-refractivity contribution in [3.8, 4) is 6.07 Å². The zero-order valence-corrected chi connectivity index (χ0v) is 13.6. The fourth-order valence-electron chi connectivity index (χ4n) is 2.12. The van der Waals surface area contributed by atoms with Gasteiger partial charge in [-0.05, 0) is 48.7 Å². The molecule has 5 heteroatoms. The molecule has 0 bridgehead atoms. The average Bonchev–Trinajstić information content (AvgIpc) is 2.91. The van der Waals surface area contributed by atoms with E-state index in [2.05, 4.69) is 24.4 Å². The highest BCUT2D eigenvalue weighted by molar-refractivity contribution is 7.10. The summed E-state index contributed by atoms with van der Waals surface area (Å²) in [5.41, 5.74) is 2.95. The first-order valence-electron chi connectivity index (χ1n) is 7.05. The van der Waals surface area contributed by atoms with E-state index in [0.717, 1.165) is 5.56 Å². The van der Waals surface area contributed by atoms with Crippen molar-refractivity contribution in [2.45, 2.75) is 20.0 Å². The number of benzene rings is 1. The summed E-state index contributed by atoms with van der Waals surface area (Å²) in [6, 6.07) is 11.6. The normalized spacial score (nSPS) is 10.5. The van der Waals surface area contributed by atoms with Crippen LogP contribution in [-0.2, 0) is 17.9 Å². The summed E-state index contributed by atoms with van der Waals surface area (Å²) < 4.78 is 0. The highest BCUT2D eigenvalue weighted by Crippen LogP contribution is 2.14. The van der Waals surface area contributed by atoms with Crippen LogP contribution in [-0.4, -0.2) is 24.4 Å². The van der Waals surface area contributed by atoms with Crippen LogP contribution < -0.4 is 5.32 Å². The Hall–Kier alpha value is -2.16. The Morgan fingerprint density at radius 3 is 2.64 bits per heavy atom. The van der Waals surface area contributed by atoms with Crippen LogP contribution in [0, 0.1) is 18.3 Å². The number of rotatable bonds is 6. The molecule has 1 aromatic heterocycles. The Balaban J connectivity index is 1.78. The molecule has 1 N–H and O–H groups in total. The Bertz CT molecular complexity index is 670. The molecule has 22 heavy (non-hydrogen) atoms. The van der Waals surface area contributed by atoms with Crippen molar-refractivity contribution in [1.82, 2.24) is 10.2 Å². The molecule has 114 valence electrons. The Morgan fingerprint density at radius 1 is 1.32 bits per heavy atom. The average molecular weight is 313 g/mol. The molecule has 0 aliphatic carbocycles. The second-order valence-electron chi connectivity index (χ2n) is 5.28. The first-order valence-corrected chi connectivity index (χ1v) is 7.93. The quantitative estimate of drug-likeness (QED) is 0.892. The lowest BCUT2D eigenvalue weighted by atomic mass is 10.1. The number of nitriles is 1. The topological polar surface area (TPSA) is 56.1 Å². The predicted molar refractivity (Wildman–Crippen MR) is 88.4 cm³/mol. The smallest absolute Gasteiger partial charge is 0.234 e. The van der Waals surface area contributed by atoms with E-state index >= 15 is 0 Å². The van der Waals surface area contributed by atoms with Gasteiger partial charge in [0, 0.05) is 11.4 Å². The van der Waals surface area contributed by atoms with E-state index in [0.29, 0.717) is 25.2 Å². The number of thiophene rings is 1. The molecule has 1 heterocycles. The SMILES string of the molecule is Cc1ccsc1CNC(=O)CN(C)Cc1ccc(C#N)cc1. The van der Waals surface area contributed by atoms with Crippen molar-refractivity contribution >= 4 is 17.2 Å². The van der Waals surface area contributed by atoms with E-state index in [9.17, 15) is 4.79 Å². The molecule has 0 aliphatic rings. The third-order valence-electron chi connectivity index (χ3n) is 3.36. The maximum Gasteiger partial charge on any atom is 0.234 e. The van der Waals surface area contributed by atoms with E-state index in [1.165, 1.54) is 10.4 Å². The van der Waals surface area contributed by atoms with Gasteiger partial charge in [0.15, 0.2) is 0 Å². The van der Waals surface area contributed by atoms with Crippen molar-refractivity contribution in [2.24, 2.45) is 0 Å². The largest absolute Gasteiger partial charge is 0.350 e. The van der Waals surface area contributed by atoms with Crippen LogP contribution in [0.5, 0.6) is 0 Å². The summed E-state index contributed by atoms with van der Waals surface area (Å²) in [5, 5.41) is 13.8. The monoisotopic (exact) mass is 313 g/mol. The van der Waals surface area contributed by atoms with Gasteiger partial charge in [0.1, 0.15) is 0 Å². The molecule has 2 aromatic rings. The van der Waals surface area contributed by atoms with Gasteiger partial charge in [0.2, 0.25) is 5.91 Å². The van der Waals surface area contributed by atoms with Crippen molar-refractivity contribution in [3.05, 3.63) is 57.3 Å². The van der Waals surface area contributed by atoms with Gasteiger partial charge in [0.05, 0.1) is 24.7 Å².